The minimum Gasteiger partial charge on any atom is -0.494 e. The normalized spacial score (nSPS) is 15.1. The van der Waals surface area contributed by atoms with E-state index in [4.69, 9.17) is 9.72 Å². The highest BCUT2D eigenvalue weighted by molar-refractivity contribution is 7.89. The summed E-state index contributed by atoms with van der Waals surface area (Å²) in [6.45, 7) is 4.53. The molecule has 4 rings (SSSR count). The number of thiazole rings is 1. The summed E-state index contributed by atoms with van der Waals surface area (Å²) in [4.78, 5) is 22.4. The van der Waals surface area contributed by atoms with Gasteiger partial charge in [0, 0.05) is 25.2 Å². The van der Waals surface area contributed by atoms with Crippen LogP contribution < -0.4 is 9.64 Å². The molecule has 0 atom stereocenters. The van der Waals surface area contributed by atoms with Crippen molar-refractivity contribution in [3.05, 3.63) is 48.0 Å². The van der Waals surface area contributed by atoms with E-state index in [-0.39, 0.29) is 23.2 Å². The summed E-state index contributed by atoms with van der Waals surface area (Å²) < 4.78 is 34.1. The van der Waals surface area contributed by atoms with Crippen LogP contribution in [0.5, 0.6) is 5.75 Å². The summed E-state index contributed by atoms with van der Waals surface area (Å²) in [6.07, 6.45) is 2.50. The third-order valence-electron chi connectivity index (χ3n) is 6.54. The van der Waals surface area contributed by atoms with Crippen molar-refractivity contribution in [1.29, 1.82) is 0 Å². The monoisotopic (exact) mass is 566 g/mol. The Morgan fingerprint density at radius 2 is 1.78 bits per heavy atom. The second-order valence-electron chi connectivity index (χ2n) is 9.53. The highest BCUT2D eigenvalue weighted by atomic mass is 35.5. The fourth-order valence-electron chi connectivity index (χ4n) is 4.32. The zero-order valence-electron chi connectivity index (χ0n) is 21.7. The predicted molar refractivity (Wildman–Crippen MR) is 152 cm³/mol. The molecule has 1 amide bonds. The summed E-state index contributed by atoms with van der Waals surface area (Å²) in [5.74, 6) is 0.997. The number of para-hydroxylation sites is 1. The summed E-state index contributed by atoms with van der Waals surface area (Å²) >= 11 is 1.44. The van der Waals surface area contributed by atoms with Gasteiger partial charge in [0.15, 0.2) is 5.13 Å². The minimum absolute atomic E-state index is 0. The third kappa shape index (κ3) is 6.61. The first kappa shape index (κ1) is 29.3. The Labute approximate surface area is 229 Å². The lowest BCUT2D eigenvalue weighted by Crippen LogP contribution is -2.38. The maximum atomic E-state index is 13.6. The van der Waals surface area contributed by atoms with E-state index in [1.807, 2.05) is 32.3 Å². The number of methoxy groups -OCH3 is 1. The molecule has 2 aromatic carbocycles. The van der Waals surface area contributed by atoms with Crippen LogP contribution in [0.25, 0.3) is 10.2 Å². The average Bonchev–Trinajstić information content (AvgIpc) is 3.30. The number of benzene rings is 2. The fraction of sp³-hybridized carbons (Fsp3) is 0.462. The average molecular weight is 567 g/mol. The van der Waals surface area contributed by atoms with Crippen LogP contribution in [0.4, 0.5) is 5.13 Å². The third-order valence-corrected chi connectivity index (χ3v) is 9.49. The highest BCUT2D eigenvalue weighted by Gasteiger charge is 2.29. The number of carbonyl (C=O) groups excluding carboxylic acids is 1. The lowest BCUT2D eigenvalue weighted by molar-refractivity contribution is 0.0986. The summed E-state index contributed by atoms with van der Waals surface area (Å²) in [5.41, 5.74) is 1.15. The van der Waals surface area contributed by atoms with Crippen LogP contribution in [-0.2, 0) is 10.0 Å². The van der Waals surface area contributed by atoms with Crippen molar-refractivity contribution in [3.63, 3.8) is 0 Å². The van der Waals surface area contributed by atoms with Crippen molar-refractivity contribution in [2.45, 2.75) is 31.1 Å². The fourth-order valence-corrected chi connectivity index (χ4v) is 6.80. The molecule has 202 valence electrons. The van der Waals surface area contributed by atoms with E-state index in [1.165, 1.54) is 11.3 Å². The van der Waals surface area contributed by atoms with Gasteiger partial charge in [-0.25, -0.2) is 13.4 Å². The van der Waals surface area contributed by atoms with Gasteiger partial charge in [-0.1, -0.05) is 24.3 Å². The standard InChI is InChI=1S/C26H34N4O4S2.ClH/c1-19-13-17-29(18-14-19)36(32,33)21-11-9-20(10-12-21)25(31)30(16-6-15-28(2)3)26-27-24-22(34-4)7-5-8-23(24)35-26;/h5,7-12,19H,6,13-18H2,1-4H3;1H. The Balaban J connectivity index is 0.00000380. The number of hydrogen-bond donors (Lipinski definition) is 0. The SMILES string of the molecule is COc1cccc2sc(N(CCCN(C)C)C(=O)c3ccc(S(=O)(=O)N4CCC(C)CC4)cc3)nc12.Cl. The smallest absolute Gasteiger partial charge is 0.260 e. The zero-order chi connectivity index (χ0) is 25.9. The van der Waals surface area contributed by atoms with E-state index in [9.17, 15) is 13.2 Å². The van der Waals surface area contributed by atoms with Crippen LogP contribution in [0.15, 0.2) is 47.4 Å². The van der Waals surface area contributed by atoms with E-state index in [2.05, 4.69) is 11.8 Å². The number of ether oxygens (including phenoxy) is 1. The molecule has 0 saturated carbocycles. The number of carbonyl (C=O) groups is 1. The topological polar surface area (TPSA) is 83.0 Å². The van der Waals surface area contributed by atoms with Crippen molar-refractivity contribution >= 4 is 55.0 Å². The Morgan fingerprint density at radius 1 is 1.11 bits per heavy atom. The van der Waals surface area contributed by atoms with E-state index in [0.717, 1.165) is 36.0 Å². The van der Waals surface area contributed by atoms with Crippen molar-refractivity contribution in [1.82, 2.24) is 14.2 Å². The molecule has 1 fully saturated rings. The molecule has 0 bridgehead atoms. The van der Waals surface area contributed by atoms with Crippen LogP contribution in [0, 0.1) is 5.92 Å². The quantitative estimate of drug-likeness (QED) is 0.372. The largest absolute Gasteiger partial charge is 0.494 e. The Bertz CT molecular complexity index is 1300. The molecule has 37 heavy (non-hydrogen) atoms. The lowest BCUT2D eigenvalue weighted by atomic mass is 10.0. The number of anilines is 1. The number of sulfonamides is 1. The molecule has 2 heterocycles. The molecular formula is C26H35ClN4O4S2. The van der Waals surface area contributed by atoms with Gasteiger partial charge in [-0.05, 0) is 82.2 Å². The van der Waals surface area contributed by atoms with Gasteiger partial charge in [-0.3, -0.25) is 9.69 Å². The van der Waals surface area contributed by atoms with Crippen LogP contribution in [0.3, 0.4) is 0 Å². The molecule has 1 aliphatic heterocycles. The summed E-state index contributed by atoms with van der Waals surface area (Å²) in [7, 11) is 2.03. The van der Waals surface area contributed by atoms with Crippen molar-refractivity contribution in [3.8, 4) is 5.75 Å². The first-order valence-corrected chi connectivity index (χ1v) is 14.5. The molecule has 3 aromatic rings. The van der Waals surface area contributed by atoms with E-state index >= 15 is 0 Å². The Hall–Kier alpha value is -2.24. The zero-order valence-corrected chi connectivity index (χ0v) is 24.2. The van der Waals surface area contributed by atoms with Crippen molar-refractivity contribution < 1.29 is 17.9 Å². The van der Waals surface area contributed by atoms with Crippen molar-refractivity contribution in [2.75, 3.05) is 52.3 Å². The predicted octanol–water partition coefficient (Wildman–Crippen LogP) is 4.75. The van der Waals surface area contributed by atoms with Gasteiger partial charge in [0.2, 0.25) is 10.0 Å². The minimum atomic E-state index is -3.57. The number of hydrogen-bond acceptors (Lipinski definition) is 7. The van der Waals surface area contributed by atoms with Crippen LogP contribution in [0.1, 0.15) is 36.5 Å². The van der Waals surface area contributed by atoms with Gasteiger partial charge >= 0.3 is 0 Å². The van der Waals surface area contributed by atoms with Gasteiger partial charge in [-0.2, -0.15) is 4.31 Å². The lowest BCUT2D eigenvalue weighted by Gasteiger charge is -2.29. The second-order valence-corrected chi connectivity index (χ2v) is 12.5. The number of amides is 1. The molecule has 0 aliphatic carbocycles. The second kappa shape index (κ2) is 12.5. The molecule has 1 saturated heterocycles. The van der Waals surface area contributed by atoms with Crippen LogP contribution in [0.2, 0.25) is 0 Å². The highest BCUT2D eigenvalue weighted by Crippen LogP contribution is 2.35. The van der Waals surface area contributed by atoms with Gasteiger partial charge in [0.1, 0.15) is 11.3 Å². The van der Waals surface area contributed by atoms with Gasteiger partial charge < -0.3 is 9.64 Å². The van der Waals surface area contributed by atoms with E-state index < -0.39 is 10.0 Å². The molecule has 1 aromatic heterocycles. The molecule has 0 radical (unpaired) electrons. The number of aromatic nitrogens is 1. The molecule has 11 heteroatoms. The Kier molecular flexibility index (Phi) is 9.93. The molecule has 0 spiro atoms. The maximum Gasteiger partial charge on any atom is 0.260 e. The van der Waals surface area contributed by atoms with E-state index in [1.54, 1.807) is 40.6 Å². The summed E-state index contributed by atoms with van der Waals surface area (Å²) in [5, 5.41) is 0.595. The van der Waals surface area contributed by atoms with Gasteiger partial charge in [0.25, 0.3) is 5.91 Å². The van der Waals surface area contributed by atoms with Crippen LogP contribution >= 0.6 is 23.7 Å². The number of rotatable bonds is 9. The number of halogens is 1. The maximum absolute atomic E-state index is 13.6. The number of piperidine rings is 1. The van der Waals surface area contributed by atoms with Gasteiger partial charge in [-0.15, -0.1) is 12.4 Å². The number of nitrogens with zero attached hydrogens (tertiary/aromatic N) is 4. The molecule has 0 N–H and O–H groups in total. The first-order chi connectivity index (χ1) is 17.2. The molecular weight excluding hydrogens is 532 g/mol. The van der Waals surface area contributed by atoms with Crippen LogP contribution in [-0.4, -0.2) is 75.9 Å². The summed E-state index contributed by atoms with van der Waals surface area (Å²) in [6, 6.07) is 12.0. The number of fused-ring (bicyclic) bond motifs is 1. The molecule has 1 aliphatic rings. The van der Waals surface area contributed by atoms with Gasteiger partial charge in [0.05, 0.1) is 16.7 Å². The Morgan fingerprint density at radius 3 is 2.41 bits per heavy atom. The van der Waals surface area contributed by atoms with E-state index in [0.29, 0.717) is 42.0 Å². The van der Waals surface area contributed by atoms with Crippen molar-refractivity contribution in [2.24, 2.45) is 5.92 Å². The first-order valence-electron chi connectivity index (χ1n) is 12.2. The molecule has 0 unspecified atom stereocenters. The molecule has 8 nitrogen and oxygen atoms in total.